The van der Waals surface area contributed by atoms with Gasteiger partial charge >= 0.3 is 0 Å². The number of aryl methyl sites for hydroxylation is 2. The molecule has 0 aliphatic carbocycles. The molecule has 1 aromatic heterocycles. The average molecular weight is 273 g/mol. The number of hydrogen-bond acceptors (Lipinski definition) is 2. The monoisotopic (exact) mass is 273 g/mol. The van der Waals surface area contributed by atoms with Crippen LogP contribution < -0.4 is 5.32 Å². The first-order valence-corrected chi connectivity index (χ1v) is 7.48. The maximum absolute atomic E-state index is 4.55. The van der Waals surface area contributed by atoms with Crippen molar-refractivity contribution in [2.45, 2.75) is 54.1 Å². The van der Waals surface area contributed by atoms with E-state index < -0.39 is 0 Å². The third kappa shape index (κ3) is 3.04. The molecule has 0 saturated heterocycles. The zero-order chi connectivity index (χ0) is 14.9. The average Bonchev–Trinajstić information content (AvgIpc) is 2.71. The fraction of sp³-hybridized carbons (Fsp3) is 0.588. The van der Waals surface area contributed by atoms with Gasteiger partial charge in [0.15, 0.2) is 0 Å². The molecular formula is C17H27N3. The lowest BCUT2D eigenvalue weighted by molar-refractivity contribution is 0.247. The summed E-state index contributed by atoms with van der Waals surface area (Å²) in [7, 11) is 0. The summed E-state index contributed by atoms with van der Waals surface area (Å²) in [5.41, 5.74) is 5.20. The fourth-order valence-electron chi connectivity index (χ4n) is 2.55. The van der Waals surface area contributed by atoms with Crippen molar-refractivity contribution in [3.63, 3.8) is 0 Å². The summed E-state index contributed by atoms with van der Waals surface area (Å²) < 4.78 is 2.28. The normalized spacial score (nSPS) is 13.9. The predicted octanol–water partition coefficient (Wildman–Crippen LogP) is 3.68. The zero-order valence-corrected chi connectivity index (χ0v) is 13.6. The topological polar surface area (TPSA) is 29.9 Å². The van der Waals surface area contributed by atoms with Crippen LogP contribution in [0.15, 0.2) is 18.5 Å². The predicted molar refractivity (Wildman–Crippen MR) is 86.1 cm³/mol. The van der Waals surface area contributed by atoms with Crippen LogP contribution in [0.2, 0.25) is 0 Å². The van der Waals surface area contributed by atoms with Gasteiger partial charge < -0.3 is 9.88 Å². The highest BCUT2D eigenvalue weighted by Crippen LogP contribution is 2.24. The molecule has 2 aromatic rings. The van der Waals surface area contributed by atoms with Crippen LogP contribution in [0, 0.1) is 19.3 Å². The molecule has 1 aromatic carbocycles. The van der Waals surface area contributed by atoms with Crippen molar-refractivity contribution in [2.24, 2.45) is 5.41 Å². The molecule has 2 rings (SSSR count). The third-order valence-electron chi connectivity index (χ3n) is 4.11. The van der Waals surface area contributed by atoms with Gasteiger partial charge in [-0.1, -0.05) is 27.7 Å². The summed E-state index contributed by atoms with van der Waals surface area (Å²) in [6.45, 7) is 15.3. The van der Waals surface area contributed by atoms with Crippen LogP contribution in [0.5, 0.6) is 0 Å². The molecule has 0 radical (unpaired) electrons. The Kier molecular flexibility index (Phi) is 4.19. The van der Waals surface area contributed by atoms with Gasteiger partial charge in [0.2, 0.25) is 0 Å². The van der Waals surface area contributed by atoms with Crippen molar-refractivity contribution < 1.29 is 0 Å². The Morgan fingerprint density at radius 2 is 1.85 bits per heavy atom. The molecule has 3 heteroatoms. The molecule has 0 bridgehead atoms. The first-order valence-electron chi connectivity index (χ1n) is 7.48. The molecule has 1 N–H and O–H groups in total. The second-order valence-corrected chi connectivity index (χ2v) is 6.80. The molecule has 110 valence electrons. The summed E-state index contributed by atoms with van der Waals surface area (Å²) >= 11 is 0. The lowest BCUT2D eigenvalue weighted by Gasteiger charge is -2.31. The number of fused-ring (bicyclic) bond motifs is 1. The van der Waals surface area contributed by atoms with Crippen molar-refractivity contribution >= 4 is 11.0 Å². The van der Waals surface area contributed by atoms with E-state index in [1.54, 1.807) is 0 Å². The highest BCUT2D eigenvalue weighted by Gasteiger charge is 2.24. The SMILES string of the molecule is CCNC(Cn1cnc2cc(C)c(C)cc21)C(C)(C)C. The quantitative estimate of drug-likeness (QED) is 0.921. The van der Waals surface area contributed by atoms with Gasteiger partial charge in [0.05, 0.1) is 17.4 Å². The first-order chi connectivity index (χ1) is 9.32. The molecule has 1 unspecified atom stereocenters. The molecular weight excluding hydrogens is 246 g/mol. The van der Waals surface area contributed by atoms with Crippen molar-refractivity contribution in [3.05, 3.63) is 29.6 Å². The number of hydrogen-bond donors (Lipinski definition) is 1. The van der Waals surface area contributed by atoms with Gasteiger partial charge in [0, 0.05) is 12.6 Å². The minimum absolute atomic E-state index is 0.229. The van der Waals surface area contributed by atoms with E-state index in [-0.39, 0.29) is 5.41 Å². The van der Waals surface area contributed by atoms with Crippen molar-refractivity contribution in [1.82, 2.24) is 14.9 Å². The molecule has 3 nitrogen and oxygen atoms in total. The van der Waals surface area contributed by atoms with E-state index in [9.17, 15) is 0 Å². The van der Waals surface area contributed by atoms with Gasteiger partial charge in [-0.2, -0.15) is 0 Å². The lowest BCUT2D eigenvalue weighted by atomic mass is 9.86. The molecule has 1 atom stereocenters. The smallest absolute Gasteiger partial charge is 0.0958 e. The van der Waals surface area contributed by atoms with Crippen LogP contribution in [-0.2, 0) is 6.54 Å². The van der Waals surface area contributed by atoms with E-state index in [1.807, 2.05) is 6.33 Å². The van der Waals surface area contributed by atoms with E-state index in [0.29, 0.717) is 6.04 Å². The molecule has 0 saturated carbocycles. The Hall–Kier alpha value is -1.35. The summed E-state index contributed by atoms with van der Waals surface area (Å²) in [5.74, 6) is 0. The van der Waals surface area contributed by atoms with Crippen LogP contribution >= 0.6 is 0 Å². The largest absolute Gasteiger partial charge is 0.329 e. The number of imidazole rings is 1. The van der Waals surface area contributed by atoms with Crippen LogP contribution in [0.25, 0.3) is 11.0 Å². The highest BCUT2D eigenvalue weighted by atomic mass is 15.1. The standard InChI is InChI=1S/C17H27N3/c1-7-18-16(17(4,5)6)10-20-11-19-14-8-12(2)13(3)9-15(14)20/h8-9,11,16,18H,7,10H2,1-6H3. The Bertz CT molecular complexity index is 590. The molecule has 0 spiro atoms. The van der Waals surface area contributed by atoms with Crippen molar-refractivity contribution in [3.8, 4) is 0 Å². The van der Waals surface area contributed by atoms with Crippen molar-refractivity contribution in [2.75, 3.05) is 6.54 Å². The van der Waals surface area contributed by atoms with Crippen molar-refractivity contribution in [1.29, 1.82) is 0 Å². The van der Waals surface area contributed by atoms with Crippen LogP contribution in [0.3, 0.4) is 0 Å². The fourth-order valence-corrected chi connectivity index (χ4v) is 2.55. The highest BCUT2D eigenvalue weighted by molar-refractivity contribution is 5.77. The minimum Gasteiger partial charge on any atom is -0.329 e. The zero-order valence-electron chi connectivity index (χ0n) is 13.6. The number of rotatable bonds is 4. The maximum Gasteiger partial charge on any atom is 0.0958 e. The number of nitrogens with zero attached hydrogens (tertiary/aromatic N) is 2. The Balaban J connectivity index is 2.35. The molecule has 0 aliphatic heterocycles. The van der Waals surface area contributed by atoms with Gasteiger partial charge in [-0.3, -0.25) is 0 Å². The second kappa shape index (κ2) is 5.57. The number of aromatic nitrogens is 2. The van der Waals surface area contributed by atoms with E-state index >= 15 is 0 Å². The van der Waals surface area contributed by atoms with E-state index in [4.69, 9.17) is 0 Å². The number of likely N-dealkylation sites (N-methyl/N-ethyl adjacent to an activating group) is 1. The molecule has 0 fully saturated rings. The molecule has 20 heavy (non-hydrogen) atoms. The van der Waals surface area contributed by atoms with Gasteiger partial charge in [0.25, 0.3) is 0 Å². The van der Waals surface area contributed by atoms with Gasteiger partial charge in [-0.25, -0.2) is 4.98 Å². The van der Waals surface area contributed by atoms with Crippen LogP contribution in [0.4, 0.5) is 0 Å². The van der Waals surface area contributed by atoms with Gasteiger partial charge in [0.1, 0.15) is 0 Å². The Labute approximate surface area is 122 Å². The number of benzene rings is 1. The van der Waals surface area contributed by atoms with E-state index in [1.165, 1.54) is 16.6 Å². The Morgan fingerprint density at radius 1 is 1.20 bits per heavy atom. The second-order valence-electron chi connectivity index (χ2n) is 6.80. The number of nitrogens with one attached hydrogen (secondary N) is 1. The summed E-state index contributed by atoms with van der Waals surface area (Å²) in [5, 5.41) is 3.60. The first kappa shape index (κ1) is 15.0. The third-order valence-corrected chi connectivity index (χ3v) is 4.11. The Morgan fingerprint density at radius 3 is 2.45 bits per heavy atom. The van der Waals surface area contributed by atoms with E-state index in [2.05, 4.69) is 68.5 Å². The lowest BCUT2D eigenvalue weighted by Crippen LogP contribution is -2.43. The molecule has 0 amide bonds. The van der Waals surface area contributed by atoms with E-state index in [0.717, 1.165) is 18.6 Å². The molecule has 0 aliphatic rings. The summed E-state index contributed by atoms with van der Waals surface area (Å²) in [6, 6.07) is 4.87. The minimum atomic E-state index is 0.229. The van der Waals surface area contributed by atoms with Crippen LogP contribution in [-0.4, -0.2) is 22.1 Å². The molecule has 1 heterocycles. The maximum atomic E-state index is 4.55. The van der Waals surface area contributed by atoms with Crippen LogP contribution in [0.1, 0.15) is 38.8 Å². The summed E-state index contributed by atoms with van der Waals surface area (Å²) in [4.78, 5) is 4.55. The van der Waals surface area contributed by atoms with Gasteiger partial charge in [-0.05, 0) is 49.1 Å². The summed E-state index contributed by atoms with van der Waals surface area (Å²) in [6.07, 6.45) is 1.97. The van der Waals surface area contributed by atoms with Gasteiger partial charge in [-0.15, -0.1) is 0 Å².